The first kappa shape index (κ1) is 16.8. The quantitative estimate of drug-likeness (QED) is 0.884. The van der Waals surface area contributed by atoms with E-state index in [-0.39, 0.29) is 6.04 Å². The Morgan fingerprint density at radius 2 is 1.88 bits per heavy atom. The molecule has 0 amide bonds. The third kappa shape index (κ3) is 3.56. The summed E-state index contributed by atoms with van der Waals surface area (Å²) in [5.41, 5.74) is 3.00. The Kier molecular flexibility index (Phi) is 5.41. The fraction of sp³-hybridized carbons (Fsp3) is 0.526. The van der Waals surface area contributed by atoms with E-state index in [4.69, 9.17) is 4.98 Å². The monoisotopic (exact) mass is 326 g/mol. The van der Waals surface area contributed by atoms with Crippen LogP contribution in [0.5, 0.6) is 0 Å². The summed E-state index contributed by atoms with van der Waals surface area (Å²) in [6.45, 7) is 5.12. The second-order valence-corrected chi connectivity index (χ2v) is 6.36. The van der Waals surface area contributed by atoms with Gasteiger partial charge in [-0.3, -0.25) is 0 Å². The van der Waals surface area contributed by atoms with E-state index >= 15 is 0 Å². The van der Waals surface area contributed by atoms with Gasteiger partial charge < -0.3 is 10.0 Å². The highest BCUT2D eigenvalue weighted by Gasteiger charge is 2.29. The van der Waals surface area contributed by atoms with Gasteiger partial charge in [-0.15, -0.1) is 5.10 Å². The van der Waals surface area contributed by atoms with Gasteiger partial charge in [-0.25, -0.2) is 4.98 Å². The van der Waals surface area contributed by atoms with E-state index in [0.29, 0.717) is 12.4 Å². The van der Waals surface area contributed by atoms with Crippen molar-refractivity contribution in [2.75, 3.05) is 11.4 Å². The normalized spacial score (nSPS) is 18.8. The number of nitrogens with zero attached hydrogens (tertiary/aromatic N) is 4. The number of benzene rings is 1. The summed E-state index contributed by atoms with van der Waals surface area (Å²) < 4.78 is 0. The summed E-state index contributed by atoms with van der Waals surface area (Å²) in [5, 5.41) is 19.3. The lowest BCUT2D eigenvalue weighted by molar-refractivity contribution is 0.158. The molecule has 24 heavy (non-hydrogen) atoms. The molecule has 0 bridgehead atoms. The molecule has 2 atom stereocenters. The number of hydrogen-bond donors (Lipinski definition) is 1. The minimum Gasteiger partial charge on any atom is -0.388 e. The number of aliphatic hydroxyl groups is 1. The van der Waals surface area contributed by atoms with Crippen LogP contribution in [-0.2, 0) is 12.8 Å². The zero-order chi connectivity index (χ0) is 16.9. The van der Waals surface area contributed by atoms with Crippen LogP contribution in [0.3, 0.4) is 0 Å². The standard InChI is InChI=1S/C19H26N4O/c1-3-16-17(4-2)21-22-19(20-16)23-12-8-11-15(23)13-18(24)14-9-6-5-7-10-14/h5-7,9-10,15,18,24H,3-4,8,11-13H2,1-2H3. The zero-order valence-corrected chi connectivity index (χ0v) is 14.5. The molecule has 1 aromatic carbocycles. The molecule has 0 saturated carbocycles. The highest BCUT2D eigenvalue weighted by atomic mass is 16.3. The highest BCUT2D eigenvalue weighted by molar-refractivity contribution is 5.34. The van der Waals surface area contributed by atoms with Crippen LogP contribution >= 0.6 is 0 Å². The minimum absolute atomic E-state index is 0.263. The Bertz CT molecular complexity index is 662. The molecular formula is C19H26N4O. The van der Waals surface area contributed by atoms with Crippen molar-refractivity contribution < 1.29 is 5.11 Å². The largest absolute Gasteiger partial charge is 0.388 e. The van der Waals surface area contributed by atoms with Crippen molar-refractivity contribution in [2.45, 2.75) is 58.1 Å². The second kappa shape index (κ2) is 7.71. The van der Waals surface area contributed by atoms with Crippen molar-refractivity contribution in [3.05, 3.63) is 47.3 Å². The second-order valence-electron chi connectivity index (χ2n) is 6.36. The van der Waals surface area contributed by atoms with Crippen molar-refractivity contribution in [1.29, 1.82) is 0 Å². The molecule has 1 aliphatic heterocycles. The van der Waals surface area contributed by atoms with Gasteiger partial charge in [0, 0.05) is 12.6 Å². The van der Waals surface area contributed by atoms with Crippen LogP contribution in [0.1, 0.15) is 56.2 Å². The molecule has 5 heteroatoms. The third-order valence-corrected chi connectivity index (χ3v) is 4.81. The number of aliphatic hydroxyl groups excluding tert-OH is 1. The summed E-state index contributed by atoms with van der Waals surface area (Å²) in [5.74, 6) is 0.715. The Morgan fingerprint density at radius 1 is 1.12 bits per heavy atom. The molecule has 0 spiro atoms. The maximum atomic E-state index is 10.5. The average molecular weight is 326 g/mol. The Morgan fingerprint density at radius 3 is 2.58 bits per heavy atom. The van der Waals surface area contributed by atoms with E-state index in [1.165, 1.54) is 0 Å². The Labute approximate surface area is 143 Å². The minimum atomic E-state index is -0.453. The molecule has 1 aromatic heterocycles. The van der Waals surface area contributed by atoms with Crippen LogP contribution in [0.15, 0.2) is 30.3 Å². The summed E-state index contributed by atoms with van der Waals surface area (Å²) in [6, 6.07) is 10.1. The van der Waals surface area contributed by atoms with Gasteiger partial charge >= 0.3 is 0 Å². The van der Waals surface area contributed by atoms with Crippen molar-refractivity contribution in [3.63, 3.8) is 0 Å². The molecule has 5 nitrogen and oxygen atoms in total. The van der Waals surface area contributed by atoms with Gasteiger partial charge in [0.1, 0.15) is 0 Å². The summed E-state index contributed by atoms with van der Waals surface area (Å²) in [6.07, 6.45) is 4.14. The molecular weight excluding hydrogens is 300 g/mol. The fourth-order valence-electron chi connectivity index (χ4n) is 3.46. The highest BCUT2D eigenvalue weighted by Crippen LogP contribution is 2.29. The third-order valence-electron chi connectivity index (χ3n) is 4.81. The lowest BCUT2D eigenvalue weighted by Crippen LogP contribution is -2.33. The number of anilines is 1. The lowest BCUT2D eigenvalue weighted by atomic mass is 10.0. The maximum absolute atomic E-state index is 10.5. The van der Waals surface area contributed by atoms with Crippen LogP contribution < -0.4 is 4.90 Å². The average Bonchev–Trinajstić information content (AvgIpc) is 3.09. The van der Waals surface area contributed by atoms with Crippen LogP contribution in [0.25, 0.3) is 0 Å². The molecule has 1 N–H and O–H groups in total. The first-order valence-electron chi connectivity index (χ1n) is 8.95. The molecule has 0 aliphatic carbocycles. The Hall–Kier alpha value is -2.01. The van der Waals surface area contributed by atoms with Gasteiger partial charge in [-0.05, 0) is 37.7 Å². The molecule has 2 aromatic rings. The maximum Gasteiger partial charge on any atom is 0.245 e. The van der Waals surface area contributed by atoms with Gasteiger partial charge in [0.15, 0.2) is 0 Å². The van der Waals surface area contributed by atoms with E-state index in [2.05, 4.69) is 28.9 Å². The van der Waals surface area contributed by atoms with Crippen LogP contribution in [-0.4, -0.2) is 32.9 Å². The van der Waals surface area contributed by atoms with Crippen LogP contribution in [0.2, 0.25) is 0 Å². The van der Waals surface area contributed by atoms with E-state index in [9.17, 15) is 5.11 Å². The fourth-order valence-corrected chi connectivity index (χ4v) is 3.46. The molecule has 3 rings (SSSR count). The number of aromatic nitrogens is 3. The van der Waals surface area contributed by atoms with Gasteiger partial charge in [0.2, 0.25) is 5.95 Å². The summed E-state index contributed by atoms with van der Waals surface area (Å²) >= 11 is 0. The molecule has 2 heterocycles. The van der Waals surface area contributed by atoms with Crippen molar-refractivity contribution in [1.82, 2.24) is 15.2 Å². The SMILES string of the molecule is CCc1nnc(N2CCCC2CC(O)c2ccccc2)nc1CC. The molecule has 0 radical (unpaired) electrons. The lowest BCUT2D eigenvalue weighted by Gasteiger charge is -2.26. The zero-order valence-electron chi connectivity index (χ0n) is 14.5. The van der Waals surface area contributed by atoms with E-state index in [1.54, 1.807) is 0 Å². The predicted molar refractivity (Wildman–Crippen MR) is 95.0 cm³/mol. The van der Waals surface area contributed by atoms with Gasteiger partial charge in [-0.1, -0.05) is 44.2 Å². The number of aryl methyl sites for hydroxylation is 2. The summed E-state index contributed by atoms with van der Waals surface area (Å²) in [7, 11) is 0. The van der Waals surface area contributed by atoms with E-state index < -0.39 is 6.10 Å². The van der Waals surface area contributed by atoms with Gasteiger partial charge in [0.25, 0.3) is 0 Å². The first-order valence-corrected chi connectivity index (χ1v) is 8.95. The first-order chi connectivity index (χ1) is 11.7. The smallest absolute Gasteiger partial charge is 0.245 e. The van der Waals surface area contributed by atoms with E-state index in [0.717, 1.165) is 49.2 Å². The van der Waals surface area contributed by atoms with Gasteiger partial charge in [0.05, 0.1) is 17.5 Å². The molecule has 1 fully saturated rings. The number of rotatable bonds is 6. The summed E-state index contributed by atoms with van der Waals surface area (Å²) in [4.78, 5) is 6.96. The Balaban J connectivity index is 1.76. The van der Waals surface area contributed by atoms with Crippen molar-refractivity contribution in [3.8, 4) is 0 Å². The molecule has 1 aliphatic rings. The molecule has 128 valence electrons. The predicted octanol–water partition coefficient (Wildman–Crippen LogP) is 3.09. The van der Waals surface area contributed by atoms with Crippen molar-refractivity contribution in [2.24, 2.45) is 0 Å². The van der Waals surface area contributed by atoms with Crippen LogP contribution in [0.4, 0.5) is 5.95 Å². The molecule has 2 unspecified atom stereocenters. The van der Waals surface area contributed by atoms with Crippen molar-refractivity contribution >= 4 is 5.95 Å². The van der Waals surface area contributed by atoms with Gasteiger partial charge in [-0.2, -0.15) is 5.10 Å². The molecule has 1 saturated heterocycles. The topological polar surface area (TPSA) is 62.1 Å². The van der Waals surface area contributed by atoms with Crippen LogP contribution in [0, 0.1) is 0 Å². The van der Waals surface area contributed by atoms with E-state index in [1.807, 2.05) is 30.3 Å². The number of hydrogen-bond acceptors (Lipinski definition) is 5.